The lowest BCUT2D eigenvalue weighted by atomic mass is 9.76. The van der Waals surface area contributed by atoms with E-state index in [0.717, 1.165) is 18.2 Å². The summed E-state index contributed by atoms with van der Waals surface area (Å²) >= 11 is 0. The Kier molecular flexibility index (Phi) is 6.10. The van der Waals surface area contributed by atoms with Crippen molar-refractivity contribution in [2.75, 3.05) is 13.7 Å². The molecule has 1 aromatic carbocycles. The highest BCUT2D eigenvalue weighted by atomic mass is 16.5. The number of rotatable bonds is 6. The Morgan fingerprint density at radius 3 is 2.52 bits per heavy atom. The normalized spacial score (nSPS) is 18.0. The van der Waals surface area contributed by atoms with E-state index in [4.69, 9.17) is 4.74 Å². The maximum Gasteiger partial charge on any atom is 0.122 e. The summed E-state index contributed by atoms with van der Waals surface area (Å²) in [5.74, 6) is 2.46. The van der Waals surface area contributed by atoms with Crippen molar-refractivity contribution in [1.29, 1.82) is 0 Å². The summed E-state index contributed by atoms with van der Waals surface area (Å²) in [6.07, 6.45) is 6.96. The molecule has 2 heteroatoms. The number of methoxy groups -OCH3 is 1. The molecule has 1 N–H and O–H groups in total. The van der Waals surface area contributed by atoms with Crippen molar-refractivity contribution in [3.8, 4) is 5.75 Å². The van der Waals surface area contributed by atoms with Crippen molar-refractivity contribution in [3.63, 3.8) is 0 Å². The van der Waals surface area contributed by atoms with E-state index >= 15 is 0 Å². The molecule has 21 heavy (non-hydrogen) atoms. The van der Waals surface area contributed by atoms with E-state index in [-0.39, 0.29) is 0 Å². The summed E-state index contributed by atoms with van der Waals surface area (Å²) in [5.41, 5.74) is 2.66. The van der Waals surface area contributed by atoms with Gasteiger partial charge in [-0.25, -0.2) is 0 Å². The molecule has 1 aliphatic carbocycles. The third kappa shape index (κ3) is 4.47. The number of benzene rings is 1. The van der Waals surface area contributed by atoms with E-state index in [2.05, 4.69) is 44.3 Å². The predicted molar refractivity (Wildman–Crippen MR) is 90.2 cm³/mol. The average Bonchev–Trinajstić information content (AvgIpc) is 2.49. The van der Waals surface area contributed by atoms with Gasteiger partial charge in [0.2, 0.25) is 0 Å². The van der Waals surface area contributed by atoms with Crippen molar-refractivity contribution >= 4 is 0 Å². The maximum atomic E-state index is 5.53. The molecule has 1 unspecified atom stereocenters. The van der Waals surface area contributed by atoms with Gasteiger partial charge in [0.15, 0.2) is 0 Å². The molecule has 2 rings (SSSR count). The monoisotopic (exact) mass is 289 g/mol. The smallest absolute Gasteiger partial charge is 0.122 e. The first-order valence-electron chi connectivity index (χ1n) is 8.49. The molecule has 2 nitrogen and oxygen atoms in total. The van der Waals surface area contributed by atoms with Crippen LogP contribution in [0.2, 0.25) is 0 Å². The zero-order valence-electron chi connectivity index (χ0n) is 14.1. The summed E-state index contributed by atoms with van der Waals surface area (Å²) < 4.78 is 5.53. The van der Waals surface area contributed by atoms with Gasteiger partial charge in [-0.15, -0.1) is 0 Å². The third-order valence-corrected chi connectivity index (χ3v) is 4.83. The number of hydrogen-bond acceptors (Lipinski definition) is 2. The molecule has 0 spiro atoms. The fraction of sp³-hybridized carbons (Fsp3) is 0.684. The van der Waals surface area contributed by atoms with Gasteiger partial charge in [0.25, 0.3) is 0 Å². The molecule has 0 aliphatic heterocycles. The fourth-order valence-electron chi connectivity index (χ4n) is 3.52. The Morgan fingerprint density at radius 2 is 1.90 bits per heavy atom. The number of hydrogen-bond donors (Lipinski definition) is 1. The Labute approximate surface area is 130 Å². The van der Waals surface area contributed by atoms with Crippen LogP contribution >= 0.6 is 0 Å². The predicted octanol–water partition coefficient (Wildman–Crippen LogP) is 4.67. The quantitative estimate of drug-likeness (QED) is 0.822. The van der Waals surface area contributed by atoms with Crippen LogP contribution in [0.25, 0.3) is 0 Å². The van der Waals surface area contributed by atoms with Crippen LogP contribution in [-0.2, 0) is 0 Å². The Balaban J connectivity index is 2.20. The van der Waals surface area contributed by atoms with Gasteiger partial charge in [0, 0.05) is 12.6 Å². The van der Waals surface area contributed by atoms with Gasteiger partial charge in [0.05, 0.1) is 7.11 Å². The van der Waals surface area contributed by atoms with Gasteiger partial charge in [-0.3, -0.25) is 0 Å². The van der Waals surface area contributed by atoms with Crippen LogP contribution < -0.4 is 10.1 Å². The molecule has 0 bridgehead atoms. The van der Waals surface area contributed by atoms with Crippen LogP contribution in [0.1, 0.15) is 63.0 Å². The Morgan fingerprint density at radius 1 is 1.19 bits per heavy atom. The molecular weight excluding hydrogens is 258 g/mol. The minimum atomic E-state index is 0.545. The fourth-order valence-corrected chi connectivity index (χ4v) is 3.52. The van der Waals surface area contributed by atoms with Gasteiger partial charge in [-0.2, -0.15) is 0 Å². The second-order valence-corrected chi connectivity index (χ2v) is 6.80. The van der Waals surface area contributed by atoms with E-state index in [0.29, 0.717) is 12.0 Å². The van der Waals surface area contributed by atoms with Crippen molar-refractivity contribution in [3.05, 3.63) is 29.3 Å². The highest BCUT2D eigenvalue weighted by Gasteiger charge is 2.25. The Hall–Kier alpha value is -1.02. The van der Waals surface area contributed by atoms with Crippen molar-refractivity contribution in [2.24, 2.45) is 5.92 Å². The standard InChI is InChI=1S/C19H31NO/c1-14(2)20-13-18(16-8-6-5-7-9-16)17-11-10-15(3)19(12-17)21-4/h10-12,14,16,18,20H,5-9,13H2,1-4H3. The second-order valence-electron chi connectivity index (χ2n) is 6.80. The molecule has 1 atom stereocenters. The largest absolute Gasteiger partial charge is 0.496 e. The minimum absolute atomic E-state index is 0.545. The zero-order chi connectivity index (χ0) is 15.2. The van der Waals surface area contributed by atoms with E-state index < -0.39 is 0 Å². The van der Waals surface area contributed by atoms with Gasteiger partial charge in [-0.05, 0) is 48.8 Å². The molecular formula is C19H31NO. The van der Waals surface area contributed by atoms with Crippen molar-refractivity contribution in [2.45, 2.75) is 64.8 Å². The SMILES string of the molecule is COc1cc(C(CNC(C)C)C2CCCCC2)ccc1C. The molecule has 1 aromatic rings. The lowest BCUT2D eigenvalue weighted by Gasteiger charge is -2.32. The summed E-state index contributed by atoms with van der Waals surface area (Å²) in [6, 6.07) is 7.32. The number of ether oxygens (including phenoxy) is 1. The van der Waals surface area contributed by atoms with E-state index in [1.807, 2.05) is 0 Å². The lowest BCUT2D eigenvalue weighted by Crippen LogP contribution is -2.32. The molecule has 1 fully saturated rings. The topological polar surface area (TPSA) is 21.3 Å². The summed E-state index contributed by atoms with van der Waals surface area (Å²) in [5, 5.41) is 3.65. The Bertz CT molecular complexity index is 435. The van der Waals surface area contributed by atoms with E-state index in [1.54, 1.807) is 7.11 Å². The first kappa shape index (κ1) is 16.4. The lowest BCUT2D eigenvalue weighted by molar-refractivity contribution is 0.292. The molecule has 0 saturated heterocycles. The summed E-state index contributed by atoms with van der Waals surface area (Å²) in [7, 11) is 1.77. The van der Waals surface area contributed by atoms with Crippen molar-refractivity contribution in [1.82, 2.24) is 5.32 Å². The van der Waals surface area contributed by atoms with Crippen LogP contribution in [0.5, 0.6) is 5.75 Å². The molecule has 1 saturated carbocycles. The van der Waals surface area contributed by atoms with E-state index in [9.17, 15) is 0 Å². The van der Waals surface area contributed by atoms with Crippen molar-refractivity contribution < 1.29 is 4.74 Å². The van der Waals surface area contributed by atoms with Crippen LogP contribution in [0.15, 0.2) is 18.2 Å². The molecule has 0 aromatic heterocycles. The highest BCUT2D eigenvalue weighted by Crippen LogP contribution is 2.37. The number of aryl methyl sites for hydroxylation is 1. The van der Waals surface area contributed by atoms with Crippen LogP contribution in [0.3, 0.4) is 0 Å². The molecule has 0 amide bonds. The van der Waals surface area contributed by atoms with Gasteiger partial charge < -0.3 is 10.1 Å². The first-order valence-corrected chi connectivity index (χ1v) is 8.49. The number of nitrogens with one attached hydrogen (secondary N) is 1. The highest BCUT2D eigenvalue weighted by molar-refractivity contribution is 5.38. The second kappa shape index (κ2) is 7.84. The first-order chi connectivity index (χ1) is 10.1. The molecule has 0 radical (unpaired) electrons. The van der Waals surface area contributed by atoms with Gasteiger partial charge in [0.1, 0.15) is 5.75 Å². The van der Waals surface area contributed by atoms with Crippen LogP contribution in [-0.4, -0.2) is 19.7 Å². The summed E-state index contributed by atoms with van der Waals surface area (Å²) in [6.45, 7) is 7.65. The van der Waals surface area contributed by atoms with Gasteiger partial charge in [-0.1, -0.05) is 45.2 Å². The van der Waals surface area contributed by atoms with Crippen LogP contribution in [0.4, 0.5) is 0 Å². The van der Waals surface area contributed by atoms with Crippen LogP contribution in [0, 0.1) is 12.8 Å². The zero-order valence-corrected chi connectivity index (χ0v) is 14.1. The minimum Gasteiger partial charge on any atom is -0.496 e. The summed E-state index contributed by atoms with van der Waals surface area (Å²) in [4.78, 5) is 0. The maximum absolute atomic E-state index is 5.53. The average molecular weight is 289 g/mol. The third-order valence-electron chi connectivity index (χ3n) is 4.83. The molecule has 0 heterocycles. The molecule has 118 valence electrons. The van der Waals surface area contributed by atoms with E-state index in [1.165, 1.54) is 43.2 Å². The molecule has 1 aliphatic rings. The van der Waals surface area contributed by atoms with Gasteiger partial charge >= 0.3 is 0 Å².